The Morgan fingerprint density at radius 1 is 1.32 bits per heavy atom. The zero-order chi connectivity index (χ0) is 13.7. The lowest BCUT2D eigenvalue weighted by Gasteiger charge is -2.28. The van der Waals surface area contributed by atoms with Gasteiger partial charge in [0.05, 0.1) is 18.8 Å². The first-order chi connectivity index (χ1) is 9.20. The highest BCUT2D eigenvalue weighted by Crippen LogP contribution is 2.24. The van der Waals surface area contributed by atoms with E-state index in [1.807, 2.05) is 24.3 Å². The van der Waals surface area contributed by atoms with Crippen LogP contribution in [-0.4, -0.2) is 24.3 Å². The average Bonchev–Trinajstić information content (AvgIpc) is 2.45. The molecule has 0 spiro atoms. The van der Waals surface area contributed by atoms with E-state index >= 15 is 0 Å². The van der Waals surface area contributed by atoms with Crippen LogP contribution in [0.5, 0.6) is 0 Å². The summed E-state index contributed by atoms with van der Waals surface area (Å²) in [4.78, 5) is 0.428. The van der Waals surface area contributed by atoms with Gasteiger partial charge >= 0.3 is 0 Å². The number of methoxy groups -OCH3 is 1. The van der Waals surface area contributed by atoms with E-state index in [9.17, 15) is 0 Å². The largest absolute Gasteiger partial charge is 0.389 e. The summed E-state index contributed by atoms with van der Waals surface area (Å²) in [6, 6.07) is 7.89. The molecule has 0 radical (unpaired) electrons. The first kappa shape index (κ1) is 14.4. The lowest BCUT2D eigenvalue weighted by atomic mass is 9.95. The zero-order valence-corrected chi connectivity index (χ0v) is 12.1. The Balaban J connectivity index is 1.93. The lowest BCUT2D eigenvalue weighted by Crippen LogP contribution is -2.27. The summed E-state index contributed by atoms with van der Waals surface area (Å²) in [7, 11) is 1.77. The molecule has 1 aromatic carbocycles. The van der Waals surface area contributed by atoms with E-state index in [0.29, 0.717) is 17.7 Å². The number of thiocarbonyl (C=S) groups is 1. The van der Waals surface area contributed by atoms with Gasteiger partial charge < -0.3 is 15.2 Å². The number of rotatable bonds is 5. The second-order valence-electron chi connectivity index (χ2n) is 4.98. The van der Waals surface area contributed by atoms with Crippen LogP contribution in [0.4, 0.5) is 0 Å². The van der Waals surface area contributed by atoms with Crippen LogP contribution in [0.3, 0.4) is 0 Å². The Kier molecular flexibility index (Phi) is 5.31. The molecule has 1 aromatic rings. The zero-order valence-electron chi connectivity index (χ0n) is 11.3. The van der Waals surface area contributed by atoms with Gasteiger partial charge in [-0.05, 0) is 31.2 Å². The van der Waals surface area contributed by atoms with Crippen LogP contribution in [0.1, 0.15) is 36.8 Å². The first-order valence-electron chi connectivity index (χ1n) is 6.73. The Morgan fingerprint density at radius 2 is 2.05 bits per heavy atom. The minimum Gasteiger partial charge on any atom is -0.389 e. The molecule has 2 unspecified atom stereocenters. The van der Waals surface area contributed by atoms with Gasteiger partial charge in [0.2, 0.25) is 0 Å². The molecule has 0 heterocycles. The Labute approximate surface area is 120 Å². The highest BCUT2D eigenvalue weighted by atomic mass is 32.1. The molecule has 0 aliphatic heterocycles. The van der Waals surface area contributed by atoms with Gasteiger partial charge in [0, 0.05) is 12.7 Å². The third-order valence-electron chi connectivity index (χ3n) is 3.67. The molecular weight excluding hydrogens is 258 g/mol. The highest BCUT2D eigenvalue weighted by molar-refractivity contribution is 7.80. The third-order valence-corrected chi connectivity index (χ3v) is 3.89. The molecule has 104 valence electrons. The molecular formula is C15H21NO2S. The van der Waals surface area contributed by atoms with E-state index in [2.05, 4.69) is 0 Å². The Hall–Kier alpha value is -0.970. The van der Waals surface area contributed by atoms with Gasteiger partial charge in [-0.1, -0.05) is 36.5 Å². The predicted molar refractivity (Wildman–Crippen MR) is 80.2 cm³/mol. The fraction of sp³-hybridized carbons (Fsp3) is 0.533. The van der Waals surface area contributed by atoms with Gasteiger partial charge in [-0.25, -0.2) is 0 Å². The number of ether oxygens (including phenoxy) is 2. The fourth-order valence-corrected chi connectivity index (χ4v) is 2.76. The summed E-state index contributed by atoms with van der Waals surface area (Å²) < 4.78 is 11.4. The maximum Gasteiger partial charge on any atom is 0.104 e. The molecule has 0 saturated heterocycles. The molecule has 2 N–H and O–H groups in total. The van der Waals surface area contributed by atoms with Crippen molar-refractivity contribution in [3.63, 3.8) is 0 Å². The summed E-state index contributed by atoms with van der Waals surface area (Å²) in [6.45, 7) is 0.564. The summed E-state index contributed by atoms with van der Waals surface area (Å²) in [5, 5.41) is 0. The van der Waals surface area contributed by atoms with Gasteiger partial charge in [0.15, 0.2) is 0 Å². The van der Waals surface area contributed by atoms with Crippen LogP contribution in [0.25, 0.3) is 0 Å². The molecule has 0 amide bonds. The summed E-state index contributed by atoms with van der Waals surface area (Å²) in [6.07, 6.45) is 5.00. The maximum absolute atomic E-state index is 6.00. The van der Waals surface area contributed by atoms with E-state index < -0.39 is 0 Å². The van der Waals surface area contributed by atoms with E-state index in [1.165, 1.54) is 6.42 Å². The van der Waals surface area contributed by atoms with E-state index in [1.54, 1.807) is 7.11 Å². The van der Waals surface area contributed by atoms with Crippen LogP contribution in [0, 0.1) is 0 Å². The fourth-order valence-electron chi connectivity index (χ4n) is 2.56. The summed E-state index contributed by atoms with van der Waals surface area (Å²) >= 11 is 5.06. The Morgan fingerprint density at radius 3 is 2.79 bits per heavy atom. The molecule has 3 nitrogen and oxygen atoms in total. The van der Waals surface area contributed by atoms with Crippen molar-refractivity contribution in [3.8, 4) is 0 Å². The third kappa shape index (κ3) is 4.00. The molecule has 1 aliphatic carbocycles. The van der Waals surface area contributed by atoms with Crippen LogP contribution in [-0.2, 0) is 16.1 Å². The second-order valence-corrected chi connectivity index (χ2v) is 5.42. The van der Waals surface area contributed by atoms with Crippen molar-refractivity contribution in [1.82, 2.24) is 0 Å². The predicted octanol–water partition coefficient (Wildman–Crippen LogP) is 2.79. The van der Waals surface area contributed by atoms with Crippen molar-refractivity contribution in [2.75, 3.05) is 7.11 Å². The van der Waals surface area contributed by atoms with E-state index in [4.69, 9.17) is 27.4 Å². The van der Waals surface area contributed by atoms with Crippen LogP contribution in [0.15, 0.2) is 24.3 Å². The van der Waals surface area contributed by atoms with Gasteiger partial charge in [-0.2, -0.15) is 0 Å². The van der Waals surface area contributed by atoms with Crippen molar-refractivity contribution >= 4 is 17.2 Å². The van der Waals surface area contributed by atoms with Crippen molar-refractivity contribution in [2.45, 2.75) is 44.5 Å². The SMILES string of the molecule is COC1CCCC(OCc2ccccc2C(N)=S)C1. The standard InChI is InChI=1S/C15H21NO2S/c1-17-12-6-4-7-13(9-12)18-10-11-5-2-3-8-14(11)15(16)19/h2-3,5,8,12-13H,4,6-7,9-10H2,1H3,(H2,16,19). The van der Waals surface area contributed by atoms with Gasteiger partial charge in [0.1, 0.15) is 4.99 Å². The normalized spacial score (nSPS) is 23.2. The molecule has 4 heteroatoms. The van der Waals surface area contributed by atoms with Crippen molar-refractivity contribution in [3.05, 3.63) is 35.4 Å². The minimum absolute atomic E-state index is 0.276. The topological polar surface area (TPSA) is 44.5 Å². The number of nitrogens with two attached hydrogens (primary N) is 1. The maximum atomic E-state index is 6.00. The monoisotopic (exact) mass is 279 g/mol. The minimum atomic E-state index is 0.276. The first-order valence-corrected chi connectivity index (χ1v) is 7.13. The van der Waals surface area contributed by atoms with Crippen LogP contribution >= 0.6 is 12.2 Å². The van der Waals surface area contributed by atoms with E-state index in [-0.39, 0.29) is 6.10 Å². The smallest absolute Gasteiger partial charge is 0.104 e. The molecule has 1 fully saturated rings. The van der Waals surface area contributed by atoms with Gasteiger partial charge in [-0.3, -0.25) is 0 Å². The number of benzene rings is 1. The highest BCUT2D eigenvalue weighted by Gasteiger charge is 2.22. The Bertz CT molecular complexity index is 436. The molecule has 2 rings (SSSR count). The van der Waals surface area contributed by atoms with Crippen molar-refractivity contribution < 1.29 is 9.47 Å². The lowest BCUT2D eigenvalue weighted by molar-refractivity contribution is -0.0363. The van der Waals surface area contributed by atoms with Crippen LogP contribution in [0.2, 0.25) is 0 Å². The average molecular weight is 279 g/mol. The molecule has 0 bridgehead atoms. The summed E-state index contributed by atoms with van der Waals surface area (Å²) in [5.74, 6) is 0. The van der Waals surface area contributed by atoms with Gasteiger partial charge in [-0.15, -0.1) is 0 Å². The molecule has 0 aromatic heterocycles. The number of hydrogen-bond donors (Lipinski definition) is 1. The second kappa shape index (κ2) is 6.98. The molecule has 19 heavy (non-hydrogen) atoms. The van der Waals surface area contributed by atoms with Crippen molar-refractivity contribution in [2.24, 2.45) is 5.73 Å². The molecule has 1 aliphatic rings. The molecule has 2 atom stereocenters. The van der Waals surface area contributed by atoms with E-state index in [0.717, 1.165) is 30.4 Å². The van der Waals surface area contributed by atoms with Crippen LogP contribution < -0.4 is 5.73 Å². The summed E-state index contributed by atoms with van der Waals surface area (Å²) in [5.41, 5.74) is 7.70. The van der Waals surface area contributed by atoms with Crippen molar-refractivity contribution in [1.29, 1.82) is 0 Å². The van der Waals surface area contributed by atoms with Gasteiger partial charge in [0.25, 0.3) is 0 Å². The quantitative estimate of drug-likeness (QED) is 0.842. The molecule has 1 saturated carbocycles. The number of hydrogen-bond acceptors (Lipinski definition) is 3.